The maximum absolute atomic E-state index is 13.5. The fraction of sp³-hybridized carbons (Fsp3) is 0.208. The number of pyridine rings is 1. The number of nitrogens with one attached hydrogen (secondary N) is 1. The van der Waals surface area contributed by atoms with Gasteiger partial charge in [0.1, 0.15) is 17.4 Å². The van der Waals surface area contributed by atoms with Gasteiger partial charge >= 0.3 is 0 Å². The summed E-state index contributed by atoms with van der Waals surface area (Å²) < 4.78 is 46.0. The first-order valence-corrected chi connectivity index (χ1v) is 12.2. The predicted molar refractivity (Wildman–Crippen MR) is 126 cm³/mol. The van der Waals surface area contributed by atoms with Crippen LogP contribution in [0.4, 0.5) is 10.1 Å². The molecule has 9 nitrogen and oxygen atoms in total. The Balaban J connectivity index is 1.35. The number of nitrogens with zero attached hydrogens (tertiary/aromatic N) is 4. The average molecular weight is 496 g/mol. The van der Waals surface area contributed by atoms with Crippen molar-refractivity contribution in [2.75, 3.05) is 38.0 Å². The van der Waals surface area contributed by atoms with Crippen LogP contribution in [0.15, 0.2) is 71.8 Å². The Labute approximate surface area is 202 Å². The summed E-state index contributed by atoms with van der Waals surface area (Å²) in [6.07, 6.45) is 1.52. The van der Waals surface area contributed by atoms with E-state index in [0.29, 0.717) is 11.4 Å². The number of aromatic nitrogens is 1. The van der Waals surface area contributed by atoms with E-state index in [-0.39, 0.29) is 55.0 Å². The lowest BCUT2D eigenvalue weighted by atomic mass is 10.2. The molecule has 1 fully saturated rings. The summed E-state index contributed by atoms with van der Waals surface area (Å²) >= 11 is 0. The molecule has 1 aliphatic rings. The maximum atomic E-state index is 13.5. The Morgan fingerprint density at radius 3 is 2.60 bits per heavy atom. The first kappa shape index (κ1) is 24.1. The van der Waals surface area contributed by atoms with E-state index in [1.165, 1.54) is 28.7 Å². The van der Waals surface area contributed by atoms with Gasteiger partial charge in [0.05, 0.1) is 17.1 Å². The van der Waals surface area contributed by atoms with Crippen molar-refractivity contribution < 1.29 is 22.3 Å². The molecule has 0 atom stereocenters. The summed E-state index contributed by atoms with van der Waals surface area (Å²) in [5.74, 6) is -0.270. The highest BCUT2D eigenvalue weighted by Gasteiger charge is 2.30. The Morgan fingerprint density at radius 2 is 1.86 bits per heavy atom. The second-order valence-electron chi connectivity index (χ2n) is 7.66. The second-order valence-corrected chi connectivity index (χ2v) is 9.60. The minimum atomic E-state index is -3.84. The van der Waals surface area contributed by atoms with Gasteiger partial charge in [0.25, 0.3) is 0 Å². The fourth-order valence-electron chi connectivity index (χ4n) is 3.60. The smallest absolute Gasteiger partial charge is 0.243 e. The quantitative estimate of drug-likeness (QED) is 0.536. The Kier molecular flexibility index (Phi) is 7.24. The molecule has 1 N–H and O–H groups in total. The van der Waals surface area contributed by atoms with Crippen LogP contribution in [0.1, 0.15) is 5.56 Å². The molecule has 35 heavy (non-hydrogen) atoms. The van der Waals surface area contributed by atoms with Crippen LogP contribution in [0.3, 0.4) is 0 Å². The van der Waals surface area contributed by atoms with E-state index in [2.05, 4.69) is 10.3 Å². The highest BCUT2D eigenvalue weighted by molar-refractivity contribution is 7.89. The van der Waals surface area contributed by atoms with Gasteiger partial charge in [-0.15, -0.1) is 0 Å². The zero-order valence-corrected chi connectivity index (χ0v) is 19.4. The number of sulfonamides is 1. The zero-order valence-electron chi connectivity index (χ0n) is 18.6. The van der Waals surface area contributed by atoms with Crippen molar-refractivity contribution in [1.82, 2.24) is 14.2 Å². The van der Waals surface area contributed by atoms with Gasteiger partial charge in [-0.25, -0.2) is 17.8 Å². The third-order valence-electron chi connectivity index (χ3n) is 5.44. The molecule has 180 valence electrons. The van der Waals surface area contributed by atoms with Crippen molar-refractivity contribution >= 4 is 21.6 Å². The molecule has 2 aromatic carbocycles. The van der Waals surface area contributed by atoms with Gasteiger partial charge in [0.15, 0.2) is 5.75 Å². The number of piperazine rings is 1. The molecule has 11 heteroatoms. The number of benzene rings is 2. The fourth-order valence-corrected chi connectivity index (χ4v) is 5.05. The monoisotopic (exact) mass is 495 g/mol. The minimum Gasteiger partial charge on any atom is -0.436 e. The van der Waals surface area contributed by atoms with E-state index < -0.39 is 15.8 Å². The van der Waals surface area contributed by atoms with Gasteiger partial charge < -0.3 is 15.0 Å². The molecule has 0 bridgehead atoms. The average Bonchev–Trinajstić information content (AvgIpc) is 2.88. The molecule has 1 saturated heterocycles. The molecule has 0 radical (unpaired) electrons. The van der Waals surface area contributed by atoms with Crippen molar-refractivity contribution in [3.05, 3.63) is 78.2 Å². The van der Waals surface area contributed by atoms with Crippen molar-refractivity contribution in [2.45, 2.75) is 4.90 Å². The highest BCUT2D eigenvalue weighted by atomic mass is 32.2. The van der Waals surface area contributed by atoms with Crippen LogP contribution >= 0.6 is 0 Å². The first-order chi connectivity index (χ1) is 16.9. The number of amides is 1. The zero-order chi connectivity index (χ0) is 24.8. The Morgan fingerprint density at radius 1 is 1.09 bits per heavy atom. The van der Waals surface area contributed by atoms with Gasteiger partial charge in [-0.2, -0.15) is 9.57 Å². The summed E-state index contributed by atoms with van der Waals surface area (Å²) in [7, 11) is -3.84. The van der Waals surface area contributed by atoms with Gasteiger partial charge in [-0.05, 0) is 42.5 Å². The van der Waals surface area contributed by atoms with Gasteiger partial charge in [-0.3, -0.25) is 4.79 Å². The van der Waals surface area contributed by atoms with Crippen molar-refractivity contribution in [1.29, 1.82) is 5.26 Å². The summed E-state index contributed by atoms with van der Waals surface area (Å²) in [5.41, 5.74) is 0.826. The van der Waals surface area contributed by atoms with Crippen LogP contribution < -0.4 is 10.1 Å². The number of hydrogen-bond donors (Lipinski definition) is 1. The van der Waals surface area contributed by atoms with Gasteiger partial charge in [0.2, 0.25) is 21.8 Å². The number of halogens is 1. The van der Waals surface area contributed by atoms with Crippen LogP contribution in [0.5, 0.6) is 11.6 Å². The number of anilines is 1. The lowest BCUT2D eigenvalue weighted by Crippen LogP contribution is -2.51. The van der Waals surface area contributed by atoms with E-state index in [1.807, 2.05) is 6.07 Å². The molecule has 1 aromatic heterocycles. The standard InChI is InChI=1S/C24H22FN5O4S/c25-19-6-3-7-20(15-19)35(32,33)30-13-11-29(12-14-30)23(31)17-28-21-8-1-2-9-22(21)34-24-18(16-26)5-4-10-27-24/h1-10,15,28H,11-14,17H2. The molecular weight excluding hydrogens is 473 g/mol. The van der Waals surface area contributed by atoms with Crippen LogP contribution in [0, 0.1) is 17.1 Å². The second kappa shape index (κ2) is 10.5. The van der Waals surface area contributed by atoms with E-state index in [0.717, 1.165) is 6.07 Å². The summed E-state index contributed by atoms with van der Waals surface area (Å²) in [6.45, 7) is 0.617. The molecule has 0 aliphatic carbocycles. The lowest BCUT2D eigenvalue weighted by Gasteiger charge is -2.34. The molecule has 1 amide bonds. The first-order valence-electron chi connectivity index (χ1n) is 10.8. The molecule has 3 aromatic rings. The maximum Gasteiger partial charge on any atom is 0.243 e. The molecule has 1 aliphatic heterocycles. The van der Waals surface area contributed by atoms with E-state index >= 15 is 0 Å². The van der Waals surface area contributed by atoms with Gasteiger partial charge in [-0.1, -0.05) is 18.2 Å². The lowest BCUT2D eigenvalue weighted by molar-refractivity contribution is -0.130. The molecule has 2 heterocycles. The van der Waals surface area contributed by atoms with Crippen LogP contribution in [-0.2, 0) is 14.8 Å². The number of carbonyl (C=O) groups excluding carboxylic acids is 1. The molecule has 0 spiro atoms. The van der Waals surface area contributed by atoms with Crippen LogP contribution in [-0.4, -0.2) is 61.2 Å². The van der Waals surface area contributed by atoms with E-state index in [1.54, 1.807) is 41.3 Å². The summed E-state index contributed by atoms with van der Waals surface area (Å²) in [5, 5.41) is 12.3. The minimum absolute atomic E-state index is 0.0374. The van der Waals surface area contributed by atoms with Crippen molar-refractivity contribution in [2.24, 2.45) is 0 Å². The summed E-state index contributed by atoms with van der Waals surface area (Å²) in [6, 6.07) is 17.1. The molecular formula is C24H22FN5O4S. The number of nitriles is 1. The Hall–Kier alpha value is -4.01. The van der Waals surface area contributed by atoms with Crippen LogP contribution in [0.25, 0.3) is 0 Å². The molecule has 4 rings (SSSR count). The van der Waals surface area contributed by atoms with Crippen molar-refractivity contribution in [3.63, 3.8) is 0 Å². The van der Waals surface area contributed by atoms with Crippen LogP contribution in [0.2, 0.25) is 0 Å². The highest BCUT2D eigenvalue weighted by Crippen LogP contribution is 2.29. The summed E-state index contributed by atoms with van der Waals surface area (Å²) in [4.78, 5) is 18.3. The predicted octanol–water partition coefficient (Wildman–Crippen LogP) is 2.83. The third kappa shape index (κ3) is 5.56. The topological polar surface area (TPSA) is 116 Å². The third-order valence-corrected chi connectivity index (χ3v) is 7.34. The van der Waals surface area contributed by atoms with E-state index in [4.69, 9.17) is 4.74 Å². The van der Waals surface area contributed by atoms with Gasteiger partial charge in [0, 0.05) is 32.4 Å². The normalized spacial score (nSPS) is 14.2. The van der Waals surface area contributed by atoms with Crippen molar-refractivity contribution in [3.8, 4) is 17.7 Å². The number of para-hydroxylation sites is 2. The number of hydrogen-bond acceptors (Lipinski definition) is 7. The number of rotatable bonds is 7. The molecule has 0 unspecified atom stereocenters. The number of ether oxygens (including phenoxy) is 1. The largest absolute Gasteiger partial charge is 0.436 e. The Bertz CT molecular complexity index is 1370. The SMILES string of the molecule is N#Cc1cccnc1Oc1ccccc1NCC(=O)N1CCN(S(=O)(=O)c2cccc(F)c2)CC1. The molecule has 0 saturated carbocycles. The van der Waals surface area contributed by atoms with E-state index in [9.17, 15) is 22.9 Å². The number of carbonyl (C=O) groups is 1.